The Bertz CT molecular complexity index is 605. The van der Waals surface area contributed by atoms with Gasteiger partial charge in [-0.25, -0.2) is 4.79 Å². The number of hydrogen-bond donors (Lipinski definition) is 2. The lowest BCUT2D eigenvalue weighted by Crippen LogP contribution is -2.43. The highest BCUT2D eigenvalue weighted by Crippen LogP contribution is 2.09. The maximum absolute atomic E-state index is 11.9. The quantitative estimate of drug-likeness (QED) is 0.714. The highest BCUT2D eigenvalue weighted by molar-refractivity contribution is 5.94. The lowest BCUT2D eigenvalue weighted by atomic mass is 10.3. The smallest absolute Gasteiger partial charge is 0.330 e. The first-order chi connectivity index (χ1) is 10.1. The molecular weight excluding hydrogens is 278 g/mol. The van der Waals surface area contributed by atoms with Crippen LogP contribution in [0.5, 0.6) is 0 Å². The molecule has 1 amide bonds. The van der Waals surface area contributed by atoms with Gasteiger partial charge in [0.25, 0.3) is 5.91 Å². The monoisotopic (exact) mass is 293 g/mol. The van der Waals surface area contributed by atoms with Gasteiger partial charge in [0, 0.05) is 12.4 Å². The number of esters is 1. The fraction of sp³-hybridized carbons (Fsp3) is 0.308. The highest BCUT2D eigenvalue weighted by atomic mass is 16.5. The molecule has 2 heterocycles. The van der Waals surface area contributed by atoms with Gasteiger partial charge < -0.3 is 19.6 Å². The Morgan fingerprint density at radius 1 is 1.52 bits per heavy atom. The lowest BCUT2D eigenvalue weighted by Gasteiger charge is -2.12. The number of nitrogens with zero attached hydrogens (tertiary/aromatic N) is 2. The van der Waals surface area contributed by atoms with Crippen molar-refractivity contribution in [1.29, 1.82) is 0 Å². The Kier molecular flexibility index (Phi) is 4.72. The van der Waals surface area contributed by atoms with Crippen LogP contribution in [0.15, 0.2) is 35.0 Å². The van der Waals surface area contributed by atoms with E-state index >= 15 is 0 Å². The highest BCUT2D eigenvalue weighted by Gasteiger charge is 2.22. The number of carbonyl (C=O) groups is 2. The second kappa shape index (κ2) is 6.71. The van der Waals surface area contributed by atoms with Crippen LogP contribution in [0.2, 0.25) is 0 Å². The molecular formula is C13H15N3O5. The summed E-state index contributed by atoms with van der Waals surface area (Å²) in [4.78, 5) is 23.2. The molecule has 0 aliphatic rings. The van der Waals surface area contributed by atoms with Gasteiger partial charge >= 0.3 is 5.97 Å². The van der Waals surface area contributed by atoms with Crippen LogP contribution in [0, 0.1) is 0 Å². The molecule has 8 heteroatoms. The van der Waals surface area contributed by atoms with Crippen molar-refractivity contribution >= 4 is 11.9 Å². The van der Waals surface area contributed by atoms with Gasteiger partial charge in [0.2, 0.25) is 0 Å². The van der Waals surface area contributed by atoms with E-state index in [0.717, 1.165) is 0 Å². The molecule has 0 radical (unpaired) electrons. The van der Waals surface area contributed by atoms with E-state index in [1.54, 1.807) is 29.2 Å². The van der Waals surface area contributed by atoms with Crippen LogP contribution in [0.3, 0.4) is 0 Å². The Morgan fingerprint density at radius 2 is 2.33 bits per heavy atom. The Labute approximate surface area is 120 Å². The summed E-state index contributed by atoms with van der Waals surface area (Å²) in [5.41, 5.74) is 0. The first kappa shape index (κ1) is 14.8. The van der Waals surface area contributed by atoms with Gasteiger partial charge in [0.1, 0.15) is 5.76 Å². The van der Waals surface area contributed by atoms with Crippen LogP contribution in [0.4, 0.5) is 0 Å². The molecule has 8 nitrogen and oxygen atoms in total. The van der Waals surface area contributed by atoms with Crippen LogP contribution in [-0.4, -0.2) is 46.5 Å². The number of rotatable bonds is 6. The van der Waals surface area contributed by atoms with Crippen molar-refractivity contribution in [2.45, 2.75) is 12.6 Å². The molecule has 2 rings (SSSR count). The van der Waals surface area contributed by atoms with E-state index in [0.29, 0.717) is 12.3 Å². The number of methoxy groups -OCH3 is 1. The molecule has 0 aromatic carbocycles. The van der Waals surface area contributed by atoms with Crippen LogP contribution < -0.4 is 5.32 Å². The normalized spacial score (nSPS) is 11.9. The zero-order valence-electron chi connectivity index (χ0n) is 11.4. The molecule has 0 bridgehead atoms. The second-order valence-electron chi connectivity index (χ2n) is 4.20. The maximum Gasteiger partial charge on any atom is 0.330 e. The number of nitrogens with one attached hydrogen (secondary N) is 1. The van der Waals surface area contributed by atoms with Gasteiger partial charge in [-0.05, 0) is 18.2 Å². The number of aliphatic hydroxyl groups excluding tert-OH is 1. The largest absolute Gasteiger partial charge is 0.467 e. The molecule has 0 aliphatic heterocycles. The standard InChI is InChI=1S/C13H15N3O5/c1-20-13(19)10(8-17)15-12(18)11-4-3-9(21-11)7-16-6-2-5-14-16/h2-6,10,17H,7-8H2,1H3,(H,15,18). The molecule has 0 saturated heterocycles. The molecule has 0 saturated carbocycles. The summed E-state index contributed by atoms with van der Waals surface area (Å²) in [6.45, 7) is -0.167. The fourth-order valence-corrected chi connectivity index (χ4v) is 1.69. The zero-order valence-corrected chi connectivity index (χ0v) is 11.4. The average molecular weight is 293 g/mol. The van der Waals surface area contributed by atoms with E-state index in [4.69, 9.17) is 9.52 Å². The molecule has 2 N–H and O–H groups in total. The number of amides is 1. The molecule has 112 valence electrons. The molecule has 2 aromatic heterocycles. The zero-order chi connectivity index (χ0) is 15.2. The van der Waals surface area contributed by atoms with E-state index in [2.05, 4.69) is 15.2 Å². The summed E-state index contributed by atoms with van der Waals surface area (Å²) in [6, 6.07) is 3.78. The van der Waals surface area contributed by atoms with Gasteiger partial charge in [0.15, 0.2) is 11.8 Å². The summed E-state index contributed by atoms with van der Waals surface area (Å²) in [7, 11) is 1.17. The third-order valence-corrected chi connectivity index (χ3v) is 2.74. The second-order valence-corrected chi connectivity index (χ2v) is 4.20. The Balaban J connectivity index is 2.00. The average Bonchev–Trinajstić information content (AvgIpc) is 3.16. The predicted molar refractivity (Wildman–Crippen MR) is 70.4 cm³/mol. The lowest BCUT2D eigenvalue weighted by molar-refractivity contribution is -0.143. The van der Waals surface area contributed by atoms with Gasteiger partial charge in [0.05, 0.1) is 20.3 Å². The fourth-order valence-electron chi connectivity index (χ4n) is 1.69. The number of aliphatic hydroxyl groups is 1. The molecule has 2 aromatic rings. The molecule has 0 aliphatic carbocycles. The molecule has 1 unspecified atom stereocenters. The minimum Gasteiger partial charge on any atom is -0.467 e. The van der Waals surface area contributed by atoms with Crippen LogP contribution >= 0.6 is 0 Å². The third kappa shape index (κ3) is 3.69. The van der Waals surface area contributed by atoms with Crippen molar-refractivity contribution in [3.05, 3.63) is 42.1 Å². The predicted octanol–water partition coefficient (Wildman–Crippen LogP) is -0.212. The molecule has 1 atom stereocenters. The Morgan fingerprint density at radius 3 is 2.95 bits per heavy atom. The summed E-state index contributed by atoms with van der Waals surface area (Å²) in [5, 5.41) is 15.4. The van der Waals surface area contributed by atoms with Gasteiger partial charge in [-0.3, -0.25) is 9.48 Å². The summed E-state index contributed by atoms with van der Waals surface area (Å²) in [5.74, 6) is -0.748. The van der Waals surface area contributed by atoms with Crippen molar-refractivity contribution in [1.82, 2.24) is 15.1 Å². The van der Waals surface area contributed by atoms with Gasteiger partial charge in [-0.2, -0.15) is 5.10 Å². The van der Waals surface area contributed by atoms with Gasteiger partial charge in [-0.15, -0.1) is 0 Å². The van der Waals surface area contributed by atoms with E-state index in [1.165, 1.54) is 13.2 Å². The number of ether oxygens (including phenoxy) is 1. The number of carbonyl (C=O) groups excluding carboxylic acids is 2. The minimum absolute atomic E-state index is 0.0412. The Hall–Kier alpha value is -2.61. The third-order valence-electron chi connectivity index (χ3n) is 2.74. The molecule has 0 fully saturated rings. The number of furan rings is 1. The van der Waals surface area contributed by atoms with E-state index in [9.17, 15) is 9.59 Å². The van der Waals surface area contributed by atoms with E-state index in [1.807, 2.05) is 0 Å². The van der Waals surface area contributed by atoms with Crippen molar-refractivity contribution in [3.63, 3.8) is 0 Å². The minimum atomic E-state index is -1.12. The van der Waals surface area contributed by atoms with E-state index < -0.39 is 24.5 Å². The van der Waals surface area contributed by atoms with Crippen molar-refractivity contribution in [2.24, 2.45) is 0 Å². The summed E-state index contributed by atoms with van der Waals surface area (Å²) in [6.07, 6.45) is 3.40. The number of hydrogen-bond acceptors (Lipinski definition) is 6. The topological polar surface area (TPSA) is 107 Å². The molecule has 21 heavy (non-hydrogen) atoms. The van der Waals surface area contributed by atoms with Crippen molar-refractivity contribution in [3.8, 4) is 0 Å². The van der Waals surface area contributed by atoms with Gasteiger partial charge in [-0.1, -0.05) is 0 Å². The summed E-state index contributed by atoms with van der Waals surface area (Å²) < 4.78 is 11.5. The number of aromatic nitrogens is 2. The van der Waals surface area contributed by atoms with Crippen molar-refractivity contribution < 1.29 is 23.8 Å². The summed E-state index contributed by atoms with van der Waals surface area (Å²) >= 11 is 0. The van der Waals surface area contributed by atoms with Crippen LogP contribution in [0.1, 0.15) is 16.3 Å². The van der Waals surface area contributed by atoms with Crippen LogP contribution in [0.25, 0.3) is 0 Å². The van der Waals surface area contributed by atoms with Crippen molar-refractivity contribution in [2.75, 3.05) is 13.7 Å². The molecule has 0 spiro atoms. The first-order valence-electron chi connectivity index (χ1n) is 6.19. The first-order valence-corrected chi connectivity index (χ1v) is 6.19. The maximum atomic E-state index is 11.9. The SMILES string of the molecule is COC(=O)C(CO)NC(=O)c1ccc(Cn2cccn2)o1. The van der Waals surface area contributed by atoms with E-state index in [-0.39, 0.29) is 5.76 Å². The van der Waals surface area contributed by atoms with Crippen LogP contribution in [-0.2, 0) is 16.1 Å².